The van der Waals surface area contributed by atoms with Crippen LogP contribution in [0.1, 0.15) is 31.8 Å². The van der Waals surface area contributed by atoms with E-state index in [-0.39, 0.29) is 11.6 Å². The molecule has 0 aliphatic heterocycles. The first kappa shape index (κ1) is 13.9. The monoisotopic (exact) mass is 324 g/mol. The van der Waals surface area contributed by atoms with Crippen molar-refractivity contribution in [2.45, 2.75) is 0 Å². The summed E-state index contributed by atoms with van der Waals surface area (Å²) in [6.07, 6.45) is 1.69. The van der Waals surface area contributed by atoms with Crippen LogP contribution < -0.4 is 0 Å². The van der Waals surface area contributed by atoms with E-state index in [1.54, 1.807) is 42.7 Å². The van der Waals surface area contributed by atoms with Gasteiger partial charge in [-0.1, -0.05) is 42.5 Å². The summed E-state index contributed by atoms with van der Waals surface area (Å²) < 4.78 is 1.87. The molecule has 0 radical (unpaired) electrons. The highest BCUT2D eigenvalue weighted by Crippen LogP contribution is 2.33. The average Bonchev–Trinajstić information content (AvgIpc) is 3.10. The minimum Gasteiger partial charge on any atom is -0.298 e. The van der Waals surface area contributed by atoms with Crippen LogP contribution in [0.2, 0.25) is 0 Å². The Hall–Kier alpha value is -3.53. The van der Waals surface area contributed by atoms with Crippen molar-refractivity contribution in [3.05, 3.63) is 95.3 Å². The molecule has 0 unspecified atom stereocenters. The number of hydrogen-bond acceptors (Lipinski definition) is 3. The predicted molar refractivity (Wildman–Crippen MR) is 94.4 cm³/mol. The molecule has 1 aromatic heterocycles. The van der Waals surface area contributed by atoms with Gasteiger partial charge >= 0.3 is 0 Å². The van der Waals surface area contributed by atoms with Gasteiger partial charge in [0, 0.05) is 22.4 Å². The molecule has 1 aliphatic carbocycles. The largest absolute Gasteiger partial charge is 0.298 e. The van der Waals surface area contributed by atoms with Crippen LogP contribution in [0.15, 0.2) is 73.1 Å². The Bertz CT molecular complexity index is 1170. The lowest BCUT2D eigenvalue weighted by molar-refractivity contribution is 0.0980. The van der Waals surface area contributed by atoms with Gasteiger partial charge in [0.15, 0.2) is 11.6 Å². The van der Waals surface area contributed by atoms with E-state index in [9.17, 15) is 9.59 Å². The van der Waals surface area contributed by atoms with Crippen LogP contribution in [0.3, 0.4) is 0 Å². The number of fused-ring (bicyclic) bond motifs is 4. The summed E-state index contributed by atoms with van der Waals surface area (Å²) in [6.45, 7) is 0. The first-order chi connectivity index (χ1) is 12.3. The Kier molecular flexibility index (Phi) is 2.76. The van der Waals surface area contributed by atoms with Crippen LogP contribution >= 0.6 is 0 Å². The van der Waals surface area contributed by atoms with Crippen molar-refractivity contribution in [1.82, 2.24) is 9.55 Å². The van der Waals surface area contributed by atoms with E-state index in [0.717, 1.165) is 5.69 Å². The smallest absolute Gasteiger partial charge is 0.196 e. The SMILES string of the molecule is O=C1c2ccccc2C(=O)c2c1ccc1ncn(-c3ccccc3)c21. The Balaban J connectivity index is 1.88. The van der Waals surface area contributed by atoms with Gasteiger partial charge in [-0.3, -0.25) is 14.2 Å². The minimum absolute atomic E-state index is 0.118. The number of imidazole rings is 1. The van der Waals surface area contributed by atoms with Crippen LogP contribution in [-0.2, 0) is 0 Å². The summed E-state index contributed by atoms with van der Waals surface area (Å²) in [6, 6.07) is 20.2. The molecule has 4 nitrogen and oxygen atoms in total. The molecule has 1 heterocycles. The number of ketones is 2. The van der Waals surface area contributed by atoms with Crippen LogP contribution in [0.25, 0.3) is 16.7 Å². The molecule has 0 saturated heterocycles. The summed E-state index contributed by atoms with van der Waals surface area (Å²) in [5, 5.41) is 0. The molecule has 0 saturated carbocycles. The van der Waals surface area contributed by atoms with Crippen molar-refractivity contribution in [1.29, 1.82) is 0 Å². The molecule has 3 aromatic carbocycles. The Morgan fingerprint density at radius 3 is 2.12 bits per heavy atom. The number of carbonyl (C=O) groups is 2. The van der Waals surface area contributed by atoms with Crippen molar-refractivity contribution in [2.75, 3.05) is 0 Å². The summed E-state index contributed by atoms with van der Waals surface area (Å²) >= 11 is 0. The molecule has 4 aromatic rings. The maximum absolute atomic E-state index is 13.2. The Labute approximate surface area is 143 Å². The third-order valence-electron chi connectivity index (χ3n) is 4.63. The van der Waals surface area contributed by atoms with Crippen LogP contribution in [0.5, 0.6) is 0 Å². The number of nitrogens with zero attached hydrogens (tertiary/aromatic N) is 2. The van der Waals surface area contributed by atoms with Gasteiger partial charge in [0.1, 0.15) is 6.33 Å². The highest BCUT2D eigenvalue weighted by atomic mass is 16.1. The van der Waals surface area contributed by atoms with Crippen LogP contribution in [0.4, 0.5) is 0 Å². The second-order valence-corrected chi connectivity index (χ2v) is 6.01. The number of carbonyl (C=O) groups excluding carboxylic acids is 2. The highest BCUT2D eigenvalue weighted by molar-refractivity contribution is 6.31. The lowest BCUT2D eigenvalue weighted by Gasteiger charge is -2.18. The van der Waals surface area contributed by atoms with Crippen molar-refractivity contribution in [3.8, 4) is 5.69 Å². The Morgan fingerprint density at radius 2 is 1.36 bits per heavy atom. The quantitative estimate of drug-likeness (QED) is 0.471. The molecule has 0 amide bonds. The van der Waals surface area contributed by atoms with E-state index in [2.05, 4.69) is 4.98 Å². The van der Waals surface area contributed by atoms with Crippen molar-refractivity contribution >= 4 is 22.6 Å². The van der Waals surface area contributed by atoms with Gasteiger partial charge in [-0.25, -0.2) is 4.98 Å². The fourth-order valence-corrected chi connectivity index (χ4v) is 3.47. The molecule has 0 N–H and O–H groups in total. The number of aromatic nitrogens is 2. The van der Waals surface area contributed by atoms with Gasteiger partial charge in [0.25, 0.3) is 0 Å². The fourth-order valence-electron chi connectivity index (χ4n) is 3.47. The first-order valence-corrected chi connectivity index (χ1v) is 7.99. The molecule has 0 bridgehead atoms. The number of hydrogen-bond donors (Lipinski definition) is 0. The van der Waals surface area contributed by atoms with Gasteiger partial charge in [0.2, 0.25) is 0 Å². The van der Waals surface area contributed by atoms with Gasteiger partial charge in [-0.2, -0.15) is 0 Å². The van der Waals surface area contributed by atoms with Crippen molar-refractivity contribution < 1.29 is 9.59 Å². The normalized spacial score (nSPS) is 13.0. The van der Waals surface area contributed by atoms with E-state index < -0.39 is 0 Å². The van der Waals surface area contributed by atoms with Crippen molar-refractivity contribution in [3.63, 3.8) is 0 Å². The molecule has 1 aliphatic rings. The molecule has 5 rings (SSSR count). The summed E-state index contributed by atoms with van der Waals surface area (Å²) in [4.78, 5) is 30.5. The summed E-state index contributed by atoms with van der Waals surface area (Å²) in [5.74, 6) is -0.249. The number of benzene rings is 3. The zero-order valence-corrected chi connectivity index (χ0v) is 13.1. The second kappa shape index (κ2) is 4.98. The molecule has 118 valence electrons. The van der Waals surface area contributed by atoms with Crippen LogP contribution in [-0.4, -0.2) is 21.1 Å². The third-order valence-corrected chi connectivity index (χ3v) is 4.63. The molecule has 0 spiro atoms. The number of para-hydroxylation sites is 1. The Morgan fingerprint density at radius 1 is 0.680 bits per heavy atom. The predicted octanol–water partition coefficient (Wildman–Crippen LogP) is 3.80. The number of rotatable bonds is 1. The van der Waals surface area contributed by atoms with E-state index in [4.69, 9.17) is 0 Å². The fraction of sp³-hybridized carbons (Fsp3) is 0. The summed E-state index contributed by atoms with van der Waals surface area (Å²) in [5.41, 5.74) is 4.06. The second-order valence-electron chi connectivity index (χ2n) is 6.01. The molecule has 4 heteroatoms. The van der Waals surface area contributed by atoms with Crippen LogP contribution in [0, 0.1) is 0 Å². The van der Waals surface area contributed by atoms with Gasteiger partial charge in [-0.05, 0) is 24.3 Å². The molecule has 25 heavy (non-hydrogen) atoms. The first-order valence-electron chi connectivity index (χ1n) is 7.99. The standard InChI is InChI=1S/C21H12N2O2/c24-20-14-8-4-5-9-15(14)21(25)18-16(20)10-11-17-19(18)23(12-22-17)13-6-2-1-3-7-13/h1-12H. The third kappa shape index (κ3) is 1.85. The zero-order chi connectivity index (χ0) is 17.0. The zero-order valence-electron chi connectivity index (χ0n) is 13.1. The lowest BCUT2D eigenvalue weighted by Crippen LogP contribution is -2.21. The van der Waals surface area contributed by atoms with E-state index in [0.29, 0.717) is 33.3 Å². The molecular weight excluding hydrogens is 312 g/mol. The van der Waals surface area contributed by atoms with Gasteiger partial charge in [0.05, 0.1) is 16.6 Å². The van der Waals surface area contributed by atoms with E-state index in [1.165, 1.54) is 0 Å². The van der Waals surface area contributed by atoms with Crippen molar-refractivity contribution in [2.24, 2.45) is 0 Å². The van der Waals surface area contributed by atoms with Gasteiger partial charge in [-0.15, -0.1) is 0 Å². The minimum atomic E-state index is -0.131. The summed E-state index contributed by atoms with van der Waals surface area (Å²) in [7, 11) is 0. The van der Waals surface area contributed by atoms with E-state index in [1.807, 2.05) is 34.9 Å². The van der Waals surface area contributed by atoms with Gasteiger partial charge < -0.3 is 0 Å². The molecule has 0 atom stereocenters. The lowest BCUT2D eigenvalue weighted by atomic mass is 9.83. The molecular formula is C21H12N2O2. The maximum atomic E-state index is 13.2. The molecule has 0 fully saturated rings. The maximum Gasteiger partial charge on any atom is 0.196 e. The average molecular weight is 324 g/mol. The highest BCUT2D eigenvalue weighted by Gasteiger charge is 2.32. The topological polar surface area (TPSA) is 52.0 Å². The van der Waals surface area contributed by atoms with E-state index >= 15 is 0 Å².